The van der Waals surface area contributed by atoms with E-state index in [1.165, 1.54) is 11.1 Å². The first-order chi connectivity index (χ1) is 7.13. The Hall–Kier alpha value is -0.730. The number of nitrogens with two attached hydrogens (primary N) is 1. The van der Waals surface area contributed by atoms with E-state index < -0.39 is 0 Å². The smallest absolute Gasteiger partial charge is 0.122 e. The summed E-state index contributed by atoms with van der Waals surface area (Å²) in [6, 6.07) is 6.52. The second-order valence-corrected chi connectivity index (χ2v) is 4.13. The van der Waals surface area contributed by atoms with Gasteiger partial charge in [-0.05, 0) is 43.9 Å². The highest BCUT2D eigenvalue weighted by Crippen LogP contribution is 2.19. The molecule has 0 radical (unpaired) electrons. The van der Waals surface area contributed by atoms with Crippen molar-refractivity contribution in [2.45, 2.75) is 39.7 Å². The molecule has 16 heavy (non-hydrogen) atoms. The van der Waals surface area contributed by atoms with Crippen LogP contribution in [0.4, 0.5) is 0 Å². The van der Waals surface area contributed by atoms with Crippen molar-refractivity contribution < 1.29 is 4.74 Å². The van der Waals surface area contributed by atoms with E-state index in [0.717, 1.165) is 25.2 Å². The van der Waals surface area contributed by atoms with Crippen molar-refractivity contribution in [3.63, 3.8) is 0 Å². The fraction of sp³-hybridized carbons (Fsp3) is 0.538. The topological polar surface area (TPSA) is 35.2 Å². The molecule has 0 heterocycles. The summed E-state index contributed by atoms with van der Waals surface area (Å²) in [6.07, 6.45) is 1.97. The van der Waals surface area contributed by atoms with Crippen LogP contribution in [0.25, 0.3) is 0 Å². The minimum Gasteiger partial charge on any atom is -0.493 e. The van der Waals surface area contributed by atoms with Gasteiger partial charge < -0.3 is 10.5 Å². The zero-order chi connectivity index (χ0) is 11.3. The van der Waals surface area contributed by atoms with Crippen molar-refractivity contribution in [3.8, 4) is 5.75 Å². The molecular weight excluding hydrogens is 222 g/mol. The summed E-state index contributed by atoms with van der Waals surface area (Å²) in [5.41, 5.74) is 8.24. The number of hydrogen-bond acceptors (Lipinski definition) is 2. The molecule has 0 aliphatic heterocycles. The molecule has 0 fully saturated rings. The molecule has 2 N–H and O–H groups in total. The predicted octanol–water partition coefficient (Wildman–Crippen LogP) is 3.10. The molecule has 92 valence electrons. The summed E-state index contributed by atoms with van der Waals surface area (Å²) in [4.78, 5) is 0. The summed E-state index contributed by atoms with van der Waals surface area (Å²) in [6.45, 7) is 7.00. The van der Waals surface area contributed by atoms with E-state index in [2.05, 4.69) is 26.0 Å². The fourth-order valence-electron chi connectivity index (χ4n) is 1.58. The number of aryl methyl sites for hydroxylation is 1. The average molecular weight is 244 g/mol. The quantitative estimate of drug-likeness (QED) is 0.863. The van der Waals surface area contributed by atoms with Crippen LogP contribution in [-0.4, -0.2) is 12.6 Å². The van der Waals surface area contributed by atoms with Crippen LogP contribution in [0.15, 0.2) is 18.2 Å². The van der Waals surface area contributed by atoms with Crippen molar-refractivity contribution in [2.24, 2.45) is 5.73 Å². The van der Waals surface area contributed by atoms with E-state index in [1.54, 1.807) is 0 Å². The fourth-order valence-corrected chi connectivity index (χ4v) is 1.58. The minimum absolute atomic E-state index is 0. The predicted molar refractivity (Wildman–Crippen MR) is 71.6 cm³/mol. The standard InChI is InChI=1S/C13H21NO.ClH/c1-4-7-15-13-6-5-12(8-10(13)2)9-11(3)14;/h5-6,8,11H,4,7,9,14H2,1-3H3;1H. The summed E-state index contributed by atoms with van der Waals surface area (Å²) < 4.78 is 5.61. The number of rotatable bonds is 5. The van der Waals surface area contributed by atoms with Gasteiger partial charge in [-0.2, -0.15) is 0 Å². The molecule has 2 nitrogen and oxygen atoms in total. The second kappa shape index (κ2) is 7.53. The van der Waals surface area contributed by atoms with Crippen molar-refractivity contribution in [2.75, 3.05) is 6.61 Å². The highest BCUT2D eigenvalue weighted by Gasteiger charge is 2.02. The third-order valence-corrected chi connectivity index (χ3v) is 2.26. The SMILES string of the molecule is CCCOc1ccc(CC(C)N)cc1C.Cl. The number of ether oxygens (including phenoxy) is 1. The van der Waals surface area contributed by atoms with Crippen LogP contribution in [0, 0.1) is 6.92 Å². The number of benzene rings is 1. The van der Waals surface area contributed by atoms with Crippen molar-refractivity contribution in [3.05, 3.63) is 29.3 Å². The maximum absolute atomic E-state index is 5.76. The minimum atomic E-state index is 0. The summed E-state index contributed by atoms with van der Waals surface area (Å²) >= 11 is 0. The first kappa shape index (κ1) is 15.3. The molecular formula is C13H22ClNO. The van der Waals surface area contributed by atoms with Gasteiger partial charge in [-0.3, -0.25) is 0 Å². The molecule has 1 rings (SSSR count). The Bertz CT molecular complexity index is 313. The molecule has 0 saturated heterocycles. The van der Waals surface area contributed by atoms with Crippen LogP contribution in [-0.2, 0) is 6.42 Å². The summed E-state index contributed by atoms with van der Waals surface area (Å²) in [5.74, 6) is 0.991. The van der Waals surface area contributed by atoms with Crippen molar-refractivity contribution in [1.82, 2.24) is 0 Å². The van der Waals surface area contributed by atoms with Gasteiger partial charge in [0.05, 0.1) is 6.61 Å². The van der Waals surface area contributed by atoms with Crippen LogP contribution < -0.4 is 10.5 Å². The van der Waals surface area contributed by atoms with Crippen LogP contribution >= 0.6 is 12.4 Å². The van der Waals surface area contributed by atoms with Gasteiger partial charge >= 0.3 is 0 Å². The first-order valence-corrected chi connectivity index (χ1v) is 5.61. The van der Waals surface area contributed by atoms with Gasteiger partial charge in [0.2, 0.25) is 0 Å². The van der Waals surface area contributed by atoms with E-state index in [1.807, 2.05) is 13.0 Å². The molecule has 0 saturated carbocycles. The normalized spacial score (nSPS) is 11.8. The largest absolute Gasteiger partial charge is 0.493 e. The van der Waals surface area contributed by atoms with E-state index in [-0.39, 0.29) is 18.4 Å². The Balaban J connectivity index is 0.00000225. The highest BCUT2D eigenvalue weighted by atomic mass is 35.5. The van der Waals surface area contributed by atoms with E-state index in [9.17, 15) is 0 Å². The number of halogens is 1. The Morgan fingerprint density at radius 3 is 2.56 bits per heavy atom. The van der Waals surface area contributed by atoms with E-state index in [0.29, 0.717) is 0 Å². The lowest BCUT2D eigenvalue weighted by Crippen LogP contribution is -2.17. The van der Waals surface area contributed by atoms with E-state index >= 15 is 0 Å². The third kappa shape index (κ3) is 4.86. The average Bonchev–Trinajstić information content (AvgIpc) is 2.15. The third-order valence-electron chi connectivity index (χ3n) is 2.26. The Morgan fingerprint density at radius 1 is 1.38 bits per heavy atom. The van der Waals surface area contributed by atoms with Crippen LogP contribution in [0.1, 0.15) is 31.4 Å². The zero-order valence-electron chi connectivity index (χ0n) is 10.3. The molecule has 1 unspecified atom stereocenters. The van der Waals surface area contributed by atoms with Gasteiger partial charge in [0, 0.05) is 6.04 Å². The molecule has 0 bridgehead atoms. The van der Waals surface area contributed by atoms with Gasteiger partial charge in [0.25, 0.3) is 0 Å². The maximum atomic E-state index is 5.76. The van der Waals surface area contributed by atoms with Crippen LogP contribution in [0.5, 0.6) is 5.75 Å². The second-order valence-electron chi connectivity index (χ2n) is 4.13. The van der Waals surface area contributed by atoms with Gasteiger partial charge in [-0.25, -0.2) is 0 Å². The first-order valence-electron chi connectivity index (χ1n) is 5.61. The van der Waals surface area contributed by atoms with Gasteiger partial charge in [-0.15, -0.1) is 12.4 Å². The molecule has 0 amide bonds. The lowest BCUT2D eigenvalue weighted by Gasteiger charge is -2.11. The highest BCUT2D eigenvalue weighted by molar-refractivity contribution is 5.85. The van der Waals surface area contributed by atoms with E-state index in [4.69, 9.17) is 10.5 Å². The molecule has 1 aromatic rings. The molecule has 1 atom stereocenters. The zero-order valence-corrected chi connectivity index (χ0v) is 11.1. The molecule has 0 spiro atoms. The molecule has 0 aliphatic rings. The van der Waals surface area contributed by atoms with Crippen molar-refractivity contribution >= 4 is 12.4 Å². The Kier molecular flexibility index (Phi) is 7.18. The van der Waals surface area contributed by atoms with Gasteiger partial charge in [0.15, 0.2) is 0 Å². The summed E-state index contributed by atoms with van der Waals surface area (Å²) in [7, 11) is 0. The van der Waals surface area contributed by atoms with Crippen LogP contribution in [0.2, 0.25) is 0 Å². The van der Waals surface area contributed by atoms with Gasteiger partial charge in [-0.1, -0.05) is 19.1 Å². The lowest BCUT2D eigenvalue weighted by atomic mass is 10.0. The molecule has 1 aromatic carbocycles. The van der Waals surface area contributed by atoms with Gasteiger partial charge in [0.1, 0.15) is 5.75 Å². The monoisotopic (exact) mass is 243 g/mol. The van der Waals surface area contributed by atoms with Crippen molar-refractivity contribution in [1.29, 1.82) is 0 Å². The lowest BCUT2D eigenvalue weighted by molar-refractivity contribution is 0.315. The van der Waals surface area contributed by atoms with Crippen LogP contribution in [0.3, 0.4) is 0 Å². The maximum Gasteiger partial charge on any atom is 0.122 e. The molecule has 0 aliphatic carbocycles. The summed E-state index contributed by atoms with van der Waals surface area (Å²) in [5, 5.41) is 0. The molecule has 3 heteroatoms. The Morgan fingerprint density at radius 2 is 2.06 bits per heavy atom. The Labute approximate surface area is 105 Å². The number of hydrogen-bond donors (Lipinski definition) is 1. The molecule has 0 aromatic heterocycles.